The third-order valence-electron chi connectivity index (χ3n) is 6.53. The number of ketones is 1. The molecule has 0 radical (unpaired) electrons. The van der Waals surface area contributed by atoms with Crippen LogP contribution in [0.3, 0.4) is 0 Å². The summed E-state index contributed by atoms with van der Waals surface area (Å²) in [4.78, 5) is 29.9. The van der Waals surface area contributed by atoms with Gasteiger partial charge >= 0.3 is 0 Å². The van der Waals surface area contributed by atoms with Crippen molar-refractivity contribution in [3.05, 3.63) is 65.0 Å². The van der Waals surface area contributed by atoms with Crippen molar-refractivity contribution in [2.24, 2.45) is 0 Å². The van der Waals surface area contributed by atoms with E-state index in [-0.39, 0.29) is 23.4 Å². The SMILES string of the molecule is O=C1C(=O)N(CCCN2CCOCC2)[C@@H](c2ccccc2F)/C1=C(\O)c1ccc2c(c1)OCCO2. The normalized spacial score (nSPS) is 22.0. The lowest BCUT2D eigenvalue weighted by Gasteiger charge is -2.29. The fourth-order valence-corrected chi connectivity index (χ4v) is 4.77. The topological polar surface area (TPSA) is 88.5 Å². The van der Waals surface area contributed by atoms with Crippen molar-refractivity contribution in [1.82, 2.24) is 9.80 Å². The molecule has 0 aromatic heterocycles. The first-order valence-electron chi connectivity index (χ1n) is 11.8. The number of aliphatic hydroxyl groups is 1. The summed E-state index contributed by atoms with van der Waals surface area (Å²) >= 11 is 0. The number of benzene rings is 2. The van der Waals surface area contributed by atoms with Crippen LogP contribution in [0.25, 0.3) is 5.76 Å². The van der Waals surface area contributed by atoms with Gasteiger partial charge in [0.15, 0.2) is 11.5 Å². The lowest BCUT2D eigenvalue weighted by atomic mass is 9.94. The number of Topliss-reactive ketones (excluding diaryl/α,β-unsaturated/α-hetero) is 1. The van der Waals surface area contributed by atoms with Gasteiger partial charge in [-0.15, -0.1) is 0 Å². The number of rotatable bonds is 6. The second-order valence-electron chi connectivity index (χ2n) is 8.68. The van der Waals surface area contributed by atoms with Gasteiger partial charge in [-0.25, -0.2) is 4.39 Å². The van der Waals surface area contributed by atoms with E-state index in [2.05, 4.69) is 4.90 Å². The van der Waals surface area contributed by atoms with Crippen LogP contribution in [0.15, 0.2) is 48.0 Å². The molecular formula is C26H27FN2O6. The van der Waals surface area contributed by atoms with Gasteiger partial charge in [0, 0.05) is 37.3 Å². The van der Waals surface area contributed by atoms with Crippen molar-refractivity contribution in [1.29, 1.82) is 0 Å². The third-order valence-corrected chi connectivity index (χ3v) is 6.53. The monoisotopic (exact) mass is 482 g/mol. The van der Waals surface area contributed by atoms with E-state index >= 15 is 0 Å². The molecule has 3 aliphatic heterocycles. The maximum Gasteiger partial charge on any atom is 0.295 e. The van der Waals surface area contributed by atoms with Crippen LogP contribution in [-0.4, -0.2) is 79.2 Å². The van der Waals surface area contributed by atoms with Crippen LogP contribution in [0.2, 0.25) is 0 Å². The fourth-order valence-electron chi connectivity index (χ4n) is 4.77. The van der Waals surface area contributed by atoms with Crippen molar-refractivity contribution in [2.45, 2.75) is 12.5 Å². The molecule has 1 N–H and O–H groups in total. The molecule has 0 spiro atoms. The molecule has 2 aromatic carbocycles. The van der Waals surface area contributed by atoms with Crippen molar-refractivity contribution in [2.75, 3.05) is 52.6 Å². The van der Waals surface area contributed by atoms with E-state index in [9.17, 15) is 19.1 Å². The zero-order valence-corrected chi connectivity index (χ0v) is 19.2. The molecule has 8 nitrogen and oxygen atoms in total. The Kier molecular flexibility index (Phi) is 6.70. The van der Waals surface area contributed by atoms with E-state index in [0.29, 0.717) is 49.9 Å². The Morgan fingerprint density at radius 1 is 0.971 bits per heavy atom. The number of aliphatic hydroxyl groups excluding tert-OH is 1. The molecule has 0 saturated carbocycles. The first kappa shape index (κ1) is 23.3. The summed E-state index contributed by atoms with van der Waals surface area (Å²) in [7, 11) is 0. The number of likely N-dealkylation sites (tertiary alicyclic amines) is 1. The standard InChI is InChI=1S/C26H27FN2O6/c27-19-5-2-1-4-18(19)23-22(24(30)17-6-7-20-21(16-17)35-15-14-34-20)25(31)26(32)29(23)9-3-8-28-10-12-33-13-11-28/h1-2,4-7,16,23,30H,3,8-15H2/b24-22+/t23-/m0/s1. The summed E-state index contributed by atoms with van der Waals surface area (Å²) in [6, 6.07) is 9.78. The molecule has 9 heteroatoms. The number of hydrogen-bond acceptors (Lipinski definition) is 7. The maximum absolute atomic E-state index is 14.9. The molecule has 0 unspecified atom stereocenters. The van der Waals surface area contributed by atoms with Crippen LogP contribution < -0.4 is 9.47 Å². The van der Waals surface area contributed by atoms with Crippen LogP contribution in [0.1, 0.15) is 23.6 Å². The first-order chi connectivity index (χ1) is 17.0. The third kappa shape index (κ3) is 4.61. The highest BCUT2D eigenvalue weighted by Crippen LogP contribution is 2.41. The molecule has 3 heterocycles. The van der Waals surface area contributed by atoms with E-state index in [0.717, 1.165) is 19.6 Å². The average Bonchev–Trinajstić information content (AvgIpc) is 3.14. The number of amides is 1. The number of carbonyl (C=O) groups excluding carboxylic acids is 2. The number of hydrogen-bond donors (Lipinski definition) is 1. The highest BCUT2D eigenvalue weighted by Gasteiger charge is 2.46. The smallest absolute Gasteiger partial charge is 0.295 e. The van der Waals surface area contributed by atoms with E-state index in [1.54, 1.807) is 30.3 Å². The molecule has 5 rings (SSSR count). The number of morpholine rings is 1. The lowest BCUT2D eigenvalue weighted by molar-refractivity contribution is -0.140. The molecule has 0 bridgehead atoms. The Labute approximate surface area is 202 Å². The van der Waals surface area contributed by atoms with Gasteiger partial charge in [-0.1, -0.05) is 18.2 Å². The largest absolute Gasteiger partial charge is 0.507 e. The Balaban J connectivity index is 1.49. The Hall–Kier alpha value is -3.43. The van der Waals surface area contributed by atoms with Crippen LogP contribution in [0, 0.1) is 5.82 Å². The number of nitrogens with zero attached hydrogens (tertiary/aromatic N) is 2. The van der Waals surface area contributed by atoms with Gasteiger partial charge in [0.1, 0.15) is 24.8 Å². The van der Waals surface area contributed by atoms with Gasteiger partial charge in [0.05, 0.1) is 24.8 Å². The zero-order valence-electron chi connectivity index (χ0n) is 19.2. The minimum absolute atomic E-state index is 0.136. The minimum atomic E-state index is -1.03. The molecule has 1 atom stereocenters. The number of halogens is 1. The van der Waals surface area contributed by atoms with Crippen molar-refractivity contribution in [3.63, 3.8) is 0 Å². The van der Waals surface area contributed by atoms with E-state index in [4.69, 9.17) is 14.2 Å². The summed E-state index contributed by atoms with van der Waals surface area (Å²) in [5, 5.41) is 11.2. The number of fused-ring (bicyclic) bond motifs is 1. The summed E-state index contributed by atoms with van der Waals surface area (Å²) in [6.45, 7) is 4.68. The van der Waals surface area contributed by atoms with E-state index in [1.165, 1.54) is 17.0 Å². The molecule has 184 valence electrons. The molecular weight excluding hydrogens is 455 g/mol. The summed E-state index contributed by atoms with van der Waals surface area (Å²) in [6.07, 6.45) is 0.599. The van der Waals surface area contributed by atoms with Gasteiger partial charge in [-0.2, -0.15) is 0 Å². The van der Waals surface area contributed by atoms with Crippen molar-refractivity contribution < 1.29 is 33.3 Å². The molecule has 1 amide bonds. The minimum Gasteiger partial charge on any atom is -0.507 e. The van der Waals surface area contributed by atoms with Gasteiger partial charge in [-0.05, 0) is 30.7 Å². The average molecular weight is 483 g/mol. The van der Waals surface area contributed by atoms with Crippen LogP contribution >= 0.6 is 0 Å². The number of carbonyl (C=O) groups is 2. The van der Waals surface area contributed by atoms with Crippen LogP contribution in [0.4, 0.5) is 4.39 Å². The predicted octanol–water partition coefficient (Wildman–Crippen LogP) is 2.74. The predicted molar refractivity (Wildman–Crippen MR) is 125 cm³/mol. The molecule has 2 saturated heterocycles. The highest BCUT2D eigenvalue weighted by molar-refractivity contribution is 6.46. The molecule has 0 aliphatic carbocycles. The fraction of sp³-hybridized carbons (Fsp3) is 0.385. The molecule has 3 aliphatic rings. The van der Waals surface area contributed by atoms with Crippen LogP contribution in [0.5, 0.6) is 11.5 Å². The summed E-state index contributed by atoms with van der Waals surface area (Å²) < 4.78 is 31.4. The van der Waals surface area contributed by atoms with E-state index < -0.39 is 23.5 Å². The van der Waals surface area contributed by atoms with Gasteiger partial charge in [0.25, 0.3) is 11.7 Å². The van der Waals surface area contributed by atoms with Gasteiger partial charge in [0.2, 0.25) is 0 Å². The second kappa shape index (κ2) is 10.1. The van der Waals surface area contributed by atoms with Gasteiger partial charge < -0.3 is 24.2 Å². The maximum atomic E-state index is 14.9. The molecule has 2 fully saturated rings. The Bertz CT molecular complexity index is 1160. The highest BCUT2D eigenvalue weighted by atomic mass is 19.1. The van der Waals surface area contributed by atoms with Gasteiger partial charge in [-0.3, -0.25) is 14.5 Å². The second-order valence-corrected chi connectivity index (χ2v) is 8.68. The van der Waals surface area contributed by atoms with Crippen LogP contribution in [-0.2, 0) is 14.3 Å². The van der Waals surface area contributed by atoms with E-state index in [1.807, 2.05) is 0 Å². The van der Waals surface area contributed by atoms with Crippen molar-refractivity contribution >= 4 is 17.4 Å². The Morgan fingerprint density at radius 2 is 1.71 bits per heavy atom. The zero-order chi connectivity index (χ0) is 24.4. The molecule has 2 aromatic rings. The number of ether oxygens (including phenoxy) is 3. The first-order valence-corrected chi connectivity index (χ1v) is 11.8. The summed E-state index contributed by atoms with van der Waals surface area (Å²) in [5.41, 5.74) is 0.322. The quantitative estimate of drug-likeness (QED) is 0.385. The lowest BCUT2D eigenvalue weighted by Crippen LogP contribution is -2.39. The summed E-state index contributed by atoms with van der Waals surface area (Å²) in [5.74, 6) is -1.55. The van der Waals surface area contributed by atoms with Crippen molar-refractivity contribution in [3.8, 4) is 11.5 Å². The Morgan fingerprint density at radius 3 is 2.49 bits per heavy atom. The molecule has 35 heavy (non-hydrogen) atoms.